The number of phenolic OH excluding ortho intramolecular Hbond substituents is 1. The molecule has 0 fully saturated rings. The van der Waals surface area contributed by atoms with Crippen LogP contribution < -0.4 is 0 Å². The van der Waals surface area contributed by atoms with Crippen LogP contribution in [-0.4, -0.2) is 5.11 Å². The Balaban J connectivity index is 2.37. The number of unbranched alkanes of at least 4 members (excludes halogenated alkanes) is 2. The zero-order chi connectivity index (χ0) is 16.1. The van der Waals surface area contributed by atoms with Crippen molar-refractivity contribution in [2.75, 3.05) is 0 Å². The van der Waals surface area contributed by atoms with Gasteiger partial charge in [-0.3, -0.25) is 0 Å². The number of aryl methyl sites for hydroxylation is 2. The number of benzene rings is 2. The summed E-state index contributed by atoms with van der Waals surface area (Å²) in [5.74, 6) is 0.363. The van der Waals surface area contributed by atoms with Crippen LogP contribution in [0.4, 0.5) is 0 Å². The summed E-state index contributed by atoms with van der Waals surface area (Å²) < 4.78 is 0. The van der Waals surface area contributed by atoms with Crippen molar-refractivity contribution in [2.45, 2.75) is 46.5 Å². The molecule has 0 spiro atoms. The highest BCUT2D eigenvalue weighted by Crippen LogP contribution is 2.35. The molecule has 0 aromatic heterocycles. The molecular weight excluding hydrogens is 268 g/mol. The fourth-order valence-electron chi connectivity index (χ4n) is 2.79. The Kier molecular flexibility index (Phi) is 5.43. The van der Waals surface area contributed by atoms with Crippen LogP contribution >= 0.6 is 0 Å². The van der Waals surface area contributed by atoms with E-state index < -0.39 is 0 Å². The monoisotopic (exact) mass is 294 g/mol. The summed E-state index contributed by atoms with van der Waals surface area (Å²) in [6.07, 6.45) is 4.66. The van der Waals surface area contributed by atoms with Crippen molar-refractivity contribution in [1.29, 1.82) is 0 Å². The first-order valence-electron chi connectivity index (χ1n) is 8.11. The van der Waals surface area contributed by atoms with Gasteiger partial charge in [-0.15, -0.1) is 0 Å². The highest BCUT2D eigenvalue weighted by atomic mass is 16.3. The Labute approximate surface area is 134 Å². The molecule has 1 N–H and O–H groups in total. The van der Waals surface area contributed by atoms with Crippen LogP contribution in [0, 0.1) is 6.92 Å². The van der Waals surface area contributed by atoms with Gasteiger partial charge in [-0.2, -0.15) is 0 Å². The van der Waals surface area contributed by atoms with Crippen molar-refractivity contribution >= 4 is 5.57 Å². The van der Waals surface area contributed by atoms with Crippen molar-refractivity contribution in [3.63, 3.8) is 0 Å². The molecule has 0 aliphatic heterocycles. The van der Waals surface area contributed by atoms with Crippen LogP contribution in [0.3, 0.4) is 0 Å². The SMILES string of the molecule is C=C(C)c1ccc(C)cc1-c1ccc(CCCCC)cc1O. The number of phenols is 1. The molecule has 1 nitrogen and oxygen atoms in total. The van der Waals surface area contributed by atoms with E-state index in [4.69, 9.17) is 0 Å². The van der Waals surface area contributed by atoms with Gasteiger partial charge in [0.15, 0.2) is 0 Å². The van der Waals surface area contributed by atoms with E-state index in [2.05, 4.69) is 44.7 Å². The molecule has 22 heavy (non-hydrogen) atoms. The molecule has 0 amide bonds. The highest BCUT2D eigenvalue weighted by molar-refractivity contribution is 5.83. The molecule has 1 heteroatoms. The second-order valence-electron chi connectivity index (χ2n) is 6.14. The van der Waals surface area contributed by atoms with E-state index in [0.717, 1.165) is 28.7 Å². The fraction of sp³-hybridized carbons (Fsp3) is 0.333. The summed E-state index contributed by atoms with van der Waals surface area (Å²) >= 11 is 0. The van der Waals surface area contributed by atoms with Gasteiger partial charge in [0, 0.05) is 5.56 Å². The Bertz CT molecular complexity index is 668. The van der Waals surface area contributed by atoms with Gasteiger partial charge in [-0.25, -0.2) is 0 Å². The summed E-state index contributed by atoms with van der Waals surface area (Å²) in [7, 11) is 0. The molecule has 2 rings (SSSR count). The third-order valence-electron chi connectivity index (χ3n) is 4.06. The smallest absolute Gasteiger partial charge is 0.123 e. The third kappa shape index (κ3) is 3.79. The summed E-state index contributed by atoms with van der Waals surface area (Å²) in [5.41, 5.74) is 6.46. The van der Waals surface area contributed by atoms with E-state index in [9.17, 15) is 5.11 Å². The van der Waals surface area contributed by atoms with Gasteiger partial charge in [0.25, 0.3) is 0 Å². The third-order valence-corrected chi connectivity index (χ3v) is 4.06. The lowest BCUT2D eigenvalue weighted by atomic mass is 9.92. The first kappa shape index (κ1) is 16.4. The molecule has 0 aliphatic carbocycles. The predicted molar refractivity (Wildman–Crippen MR) is 96.2 cm³/mol. The second-order valence-corrected chi connectivity index (χ2v) is 6.14. The van der Waals surface area contributed by atoms with Gasteiger partial charge in [0.05, 0.1) is 0 Å². The Hall–Kier alpha value is -2.02. The van der Waals surface area contributed by atoms with Crippen LogP contribution in [0.1, 0.15) is 49.8 Å². The molecule has 0 radical (unpaired) electrons. The molecule has 0 saturated carbocycles. The summed E-state index contributed by atoms with van der Waals surface area (Å²) in [6.45, 7) is 10.3. The number of hydrogen-bond acceptors (Lipinski definition) is 1. The van der Waals surface area contributed by atoms with Crippen molar-refractivity contribution in [3.8, 4) is 16.9 Å². The van der Waals surface area contributed by atoms with Crippen molar-refractivity contribution < 1.29 is 5.11 Å². The first-order valence-corrected chi connectivity index (χ1v) is 8.11. The molecule has 0 saturated heterocycles. The van der Waals surface area contributed by atoms with E-state index in [1.807, 2.05) is 19.1 Å². The van der Waals surface area contributed by atoms with Crippen molar-refractivity contribution in [2.24, 2.45) is 0 Å². The van der Waals surface area contributed by atoms with Gasteiger partial charge < -0.3 is 5.11 Å². The van der Waals surface area contributed by atoms with E-state index in [1.165, 1.54) is 30.4 Å². The van der Waals surface area contributed by atoms with Crippen LogP contribution in [0.5, 0.6) is 5.75 Å². The molecule has 0 aliphatic rings. The maximum Gasteiger partial charge on any atom is 0.123 e. The van der Waals surface area contributed by atoms with Gasteiger partial charge in [0.2, 0.25) is 0 Å². The van der Waals surface area contributed by atoms with Gasteiger partial charge in [0.1, 0.15) is 5.75 Å². The largest absolute Gasteiger partial charge is 0.507 e. The van der Waals surface area contributed by atoms with Crippen LogP contribution in [0.2, 0.25) is 0 Å². The lowest BCUT2D eigenvalue weighted by Gasteiger charge is -2.13. The molecule has 0 bridgehead atoms. The normalized spacial score (nSPS) is 10.7. The molecule has 116 valence electrons. The van der Waals surface area contributed by atoms with Crippen LogP contribution in [-0.2, 0) is 6.42 Å². The zero-order valence-electron chi connectivity index (χ0n) is 13.9. The van der Waals surface area contributed by atoms with Crippen molar-refractivity contribution in [3.05, 3.63) is 59.7 Å². The van der Waals surface area contributed by atoms with Gasteiger partial charge in [-0.1, -0.05) is 67.8 Å². The summed E-state index contributed by atoms with van der Waals surface area (Å²) in [5, 5.41) is 10.5. The Morgan fingerprint density at radius 3 is 2.45 bits per heavy atom. The lowest BCUT2D eigenvalue weighted by molar-refractivity contribution is 0.476. The van der Waals surface area contributed by atoms with E-state index in [0.29, 0.717) is 5.75 Å². The quantitative estimate of drug-likeness (QED) is 0.635. The molecule has 0 heterocycles. The van der Waals surface area contributed by atoms with Gasteiger partial charge in [-0.05, 0) is 49.4 Å². The minimum atomic E-state index is 0.363. The van der Waals surface area contributed by atoms with E-state index in [1.54, 1.807) is 0 Å². The lowest BCUT2D eigenvalue weighted by Crippen LogP contribution is -1.91. The molecular formula is C21H26O. The molecule has 0 unspecified atom stereocenters. The summed E-state index contributed by atoms with van der Waals surface area (Å²) in [4.78, 5) is 0. The zero-order valence-corrected chi connectivity index (χ0v) is 13.9. The van der Waals surface area contributed by atoms with E-state index >= 15 is 0 Å². The first-order chi connectivity index (χ1) is 10.5. The average molecular weight is 294 g/mol. The number of rotatable bonds is 6. The minimum absolute atomic E-state index is 0.363. The van der Waals surface area contributed by atoms with E-state index in [-0.39, 0.29) is 0 Å². The second kappa shape index (κ2) is 7.31. The minimum Gasteiger partial charge on any atom is -0.507 e. The predicted octanol–water partition coefficient (Wildman–Crippen LogP) is 6.13. The standard InChI is InChI=1S/C21H26O/c1-5-6-7-8-17-10-12-19(21(22)14-17)20-13-16(4)9-11-18(20)15(2)3/h9-14,22H,2,5-8H2,1,3-4H3. The van der Waals surface area contributed by atoms with Crippen LogP contribution in [0.15, 0.2) is 43.0 Å². The number of hydrogen-bond donors (Lipinski definition) is 1. The average Bonchev–Trinajstić information content (AvgIpc) is 2.47. The number of aromatic hydroxyl groups is 1. The fourth-order valence-corrected chi connectivity index (χ4v) is 2.79. The molecule has 2 aromatic carbocycles. The molecule has 2 aromatic rings. The molecule has 0 atom stereocenters. The maximum atomic E-state index is 10.5. The van der Waals surface area contributed by atoms with Crippen molar-refractivity contribution in [1.82, 2.24) is 0 Å². The summed E-state index contributed by atoms with van der Waals surface area (Å²) in [6, 6.07) is 12.4. The number of allylic oxidation sites excluding steroid dienone is 1. The maximum absolute atomic E-state index is 10.5. The van der Waals surface area contributed by atoms with Gasteiger partial charge >= 0.3 is 0 Å². The Morgan fingerprint density at radius 2 is 1.82 bits per heavy atom. The topological polar surface area (TPSA) is 20.2 Å². The Morgan fingerprint density at radius 1 is 1.05 bits per heavy atom. The van der Waals surface area contributed by atoms with Crippen LogP contribution in [0.25, 0.3) is 16.7 Å². The highest BCUT2D eigenvalue weighted by Gasteiger charge is 2.11.